The fraction of sp³-hybridized carbons (Fsp3) is 0.500. The zero-order chi connectivity index (χ0) is 14.5. The fourth-order valence-corrected chi connectivity index (χ4v) is 3.57. The van der Waals surface area contributed by atoms with E-state index in [1.165, 1.54) is 0 Å². The molecule has 0 radical (unpaired) electrons. The summed E-state index contributed by atoms with van der Waals surface area (Å²) in [5.74, 6) is -0.700. The Labute approximate surface area is 118 Å². The molecule has 4 heteroatoms. The Morgan fingerprint density at radius 2 is 2.05 bits per heavy atom. The van der Waals surface area contributed by atoms with Crippen LogP contribution in [0.2, 0.25) is 0 Å². The van der Waals surface area contributed by atoms with E-state index in [9.17, 15) is 9.90 Å². The Bertz CT molecular complexity index is 674. The highest BCUT2D eigenvalue weighted by Crippen LogP contribution is 2.58. The van der Waals surface area contributed by atoms with Crippen LogP contribution in [0.25, 0.3) is 11.0 Å². The van der Waals surface area contributed by atoms with Crippen molar-refractivity contribution in [3.8, 4) is 0 Å². The van der Waals surface area contributed by atoms with E-state index in [4.69, 9.17) is 0 Å². The molecule has 1 heterocycles. The third-order valence-corrected chi connectivity index (χ3v) is 5.46. The van der Waals surface area contributed by atoms with Crippen LogP contribution in [0.5, 0.6) is 0 Å². The molecule has 0 bridgehead atoms. The first-order valence-electron chi connectivity index (χ1n) is 7.03. The predicted molar refractivity (Wildman–Crippen MR) is 77.5 cm³/mol. The van der Waals surface area contributed by atoms with Gasteiger partial charge in [-0.1, -0.05) is 26.0 Å². The Morgan fingerprint density at radius 3 is 2.70 bits per heavy atom. The number of nitrogens with zero attached hydrogens (tertiary/aromatic N) is 2. The molecule has 1 fully saturated rings. The molecule has 1 aliphatic carbocycles. The van der Waals surface area contributed by atoms with Gasteiger partial charge in [-0.2, -0.15) is 0 Å². The molecule has 1 aromatic heterocycles. The van der Waals surface area contributed by atoms with E-state index >= 15 is 0 Å². The van der Waals surface area contributed by atoms with Crippen molar-refractivity contribution in [2.45, 2.75) is 39.7 Å². The lowest BCUT2D eigenvalue weighted by Crippen LogP contribution is -2.41. The van der Waals surface area contributed by atoms with Crippen LogP contribution in [0.1, 0.15) is 39.7 Å². The Hall–Kier alpha value is -1.84. The number of aromatic nitrogens is 2. The fourth-order valence-electron chi connectivity index (χ4n) is 3.57. The minimum Gasteiger partial charge on any atom is -0.481 e. The van der Waals surface area contributed by atoms with E-state index in [0.29, 0.717) is 6.42 Å². The van der Waals surface area contributed by atoms with Gasteiger partial charge in [0.15, 0.2) is 0 Å². The lowest BCUT2D eigenvalue weighted by molar-refractivity contribution is -0.154. The second-order valence-corrected chi connectivity index (χ2v) is 6.55. The van der Waals surface area contributed by atoms with Gasteiger partial charge in [-0.15, -0.1) is 0 Å². The number of carboxylic acid groups (broad SMARTS) is 1. The zero-order valence-corrected chi connectivity index (χ0v) is 12.1. The second kappa shape index (κ2) is 4.08. The van der Waals surface area contributed by atoms with Crippen molar-refractivity contribution in [1.82, 2.24) is 9.55 Å². The molecule has 2 atom stereocenters. The largest absolute Gasteiger partial charge is 0.481 e. The van der Waals surface area contributed by atoms with Crippen molar-refractivity contribution in [2.24, 2.45) is 10.8 Å². The molecule has 1 aromatic carbocycles. The van der Waals surface area contributed by atoms with Crippen LogP contribution < -0.4 is 0 Å². The van der Waals surface area contributed by atoms with Crippen LogP contribution in [0.15, 0.2) is 30.6 Å². The van der Waals surface area contributed by atoms with Gasteiger partial charge in [-0.3, -0.25) is 4.79 Å². The molecular formula is C16H20N2O2. The van der Waals surface area contributed by atoms with Gasteiger partial charge in [-0.05, 0) is 31.9 Å². The van der Waals surface area contributed by atoms with Gasteiger partial charge in [-0.25, -0.2) is 4.98 Å². The first-order valence-corrected chi connectivity index (χ1v) is 7.03. The summed E-state index contributed by atoms with van der Waals surface area (Å²) in [4.78, 5) is 16.1. The van der Waals surface area contributed by atoms with Gasteiger partial charge in [0.05, 0.1) is 22.8 Å². The van der Waals surface area contributed by atoms with E-state index in [-0.39, 0.29) is 11.5 Å². The molecular weight excluding hydrogens is 252 g/mol. The summed E-state index contributed by atoms with van der Waals surface area (Å²) in [6, 6.07) is 8.18. The summed E-state index contributed by atoms with van der Waals surface area (Å²) in [5, 5.41) is 9.61. The first kappa shape index (κ1) is 13.2. The highest BCUT2D eigenvalue weighted by Gasteiger charge is 2.56. The quantitative estimate of drug-likeness (QED) is 0.910. The normalized spacial score (nSPS) is 28.9. The summed E-state index contributed by atoms with van der Waals surface area (Å²) >= 11 is 0. The summed E-state index contributed by atoms with van der Waals surface area (Å²) in [5.41, 5.74) is 1.04. The monoisotopic (exact) mass is 272 g/mol. The lowest BCUT2D eigenvalue weighted by atomic mass is 9.67. The molecule has 1 saturated carbocycles. The van der Waals surface area contributed by atoms with E-state index < -0.39 is 11.4 Å². The number of carbonyl (C=O) groups is 1. The minimum absolute atomic E-state index is 0.163. The maximum Gasteiger partial charge on any atom is 0.309 e. The number of hydrogen-bond donors (Lipinski definition) is 1. The van der Waals surface area contributed by atoms with Crippen LogP contribution in [0.3, 0.4) is 0 Å². The Kier molecular flexibility index (Phi) is 2.68. The highest BCUT2D eigenvalue weighted by molar-refractivity contribution is 5.77. The van der Waals surface area contributed by atoms with Gasteiger partial charge >= 0.3 is 5.97 Å². The van der Waals surface area contributed by atoms with E-state index in [1.54, 1.807) is 0 Å². The third kappa shape index (κ3) is 1.54. The van der Waals surface area contributed by atoms with Crippen LogP contribution in [-0.2, 0) is 4.79 Å². The number of hydrogen-bond acceptors (Lipinski definition) is 2. The first-order chi connectivity index (χ1) is 9.38. The molecule has 1 aliphatic rings. The number of imidazole rings is 1. The zero-order valence-electron chi connectivity index (χ0n) is 12.1. The molecule has 3 rings (SSSR count). The Morgan fingerprint density at radius 1 is 1.35 bits per heavy atom. The van der Waals surface area contributed by atoms with Crippen molar-refractivity contribution >= 4 is 17.0 Å². The smallest absolute Gasteiger partial charge is 0.309 e. The van der Waals surface area contributed by atoms with Crippen molar-refractivity contribution in [3.05, 3.63) is 30.6 Å². The average Bonchev–Trinajstić information content (AvgIpc) is 2.91. The predicted octanol–water partition coefficient (Wildman–Crippen LogP) is 3.49. The molecule has 4 nitrogen and oxygen atoms in total. The van der Waals surface area contributed by atoms with E-state index in [2.05, 4.69) is 29.5 Å². The van der Waals surface area contributed by atoms with Crippen molar-refractivity contribution in [2.75, 3.05) is 0 Å². The number of carboxylic acids is 1. The molecule has 0 aliphatic heterocycles. The molecule has 0 saturated heterocycles. The van der Waals surface area contributed by atoms with Gasteiger partial charge in [0, 0.05) is 11.5 Å². The van der Waals surface area contributed by atoms with Gasteiger partial charge in [0.25, 0.3) is 0 Å². The molecule has 0 spiro atoms. The standard InChI is InChI=1S/C16H20N2O2/c1-15(2)13(8-9-16(15,3)14(19)20)18-10-17-11-6-4-5-7-12(11)18/h4-7,10,13H,8-9H2,1-3H3,(H,19,20). The van der Waals surface area contributed by atoms with Crippen molar-refractivity contribution in [3.63, 3.8) is 0 Å². The minimum atomic E-state index is -0.700. The highest BCUT2D eigenvalue weighted by atomic mass is 16.4. The van der Waals surface area contributed by atoms with Crippen LogP contribution >= 0.6 is 0 Å². The maximum atomic E-state index is 11.7. The number of fused-ring (bicyclic) bond motifs is 1. The Balaban J connectivity index is 2.10. The lowest BCUT2D eigenvalue weighted by Gasteiger charge is -2.39. The number of rotatable bonds is 2. The van der Waals surface area contributed by atoms with E-state index in [1.807, 2.05) is 31.5 Å². The van der Waals surface area contributed by atoms with Crippen molar-refractivity contribution < 1.29 is 9.90 Å². The molecule has 0 amide bonds. The van der Waals surface area contributed by atoms with Crippen molar-refractivity contribution in [1.29, 1.82) is 0 Å². The summed E-state index contributed by atoms with van der Waals surface area (Å²) in [6.07, 6.45) is 3.42. The number of benzene rings is 1. The molecule has 2 aromatic rings. The van der Waals surface area contributed by atoms with Gasteiger partial charge < -0.3 is 9.67 Å². The summed E-state index contributed by atoms with van der Waals surface area (Å²) < 4.78 is 2.16. The summed E-state index contributed by atoms with van der Waals surface area (Å²) in [6.45, 7) is 6.00. The molecule has 1 N–H and O–H groups in total. The maximum absolute atomic E-state index is 11.7. The topological polar surface area (TPSA) is 55.1 Å². The average molecular weight is 272 g/mol. The van der Waals surface area contributed by atoms with Gasteiger partial charge in [0.1, 0.15) is 0 Å². The van der Waals surface area contributed by atoms with Gasteiger partial charge in [0.2, 0.25) is 0 Å². The second-order valence-electron chi connectivity index (χ2n) is 6.55. The number of para-hydroxylation sites is 2. The third-order valence-electron chi connectivity index (χ3n) is 5.46. The van der Waals surface area contributed by atoms with Crippen LogP contribution in [-0.4, -0.2) is 20.6 Å². The summed E-state index contributed by atoms with van der Waals surface area (Å²) in [7, 11) is 0. The van der Waals surface area contributed by atoms with Crippen LogP contribution in [0.4, 0.5) is 0 Å². The molecule has 20 heavy (non-hydrogen) atoms. The SMILES string of the molecule is CC1(C(=O)O)CCC(n2cnc3ccccc32)C1(C)C. The molecule has 106 valence electrons. The van der Waals surface area contributed by atoms with Crippen LogP contribution in [0, 0.1) is 10.8 Å². The number of aliphatic carboxylic acids is 1. The molecule has 2 unspecified atom stereocenters. The van der Waals surface area contributed by atoms with E-state index in [0.717, 1.165) is 17.5 Å².